The Hall–Kier alpha value is -1.00. The third-order valence-corrected chi connectivity index (χ3v) is 3.41. The zero-order chi connectivity index (χ0) is 13.0. The van der Waals surface area contributed by atoms with Gasteiger partial charge in [0.15, 0.2) is 0 Å². The highest BCUT2D eigenvalue weighted by atomic mass is 19.3. The van der Waals surface area contributed by atoms with Gasteiger partial charge < -0.3 is 5.32 Å². The van der Waals surface area contributed by atoms with Crippen molar-refractivity contribution in [3.63, 3.8) is 0 Å². The Bertz CT molecular complexity index is 387. The summed E-state index contributed by atoms with van der Waals surface area (Å²) in [5, 5.41) is 3.28. The molecule has 1 aliphatic rings. The first kappa shape index (κ1) is 13.4. The number of hydrogen-bond acceptors (Lipinski definition) is 2. The molecule has 2 nitrogen and oxygen atoms in total. The summed E-state index contributed by atoms with van der Waals surface area (Å²) in [5.41, 5.74) is 1.11. The lowest BCUT2D eigenvalue weighted by molar-refractivity contribution is -0.00840. The first-order chi connectivity index (χ1) is 8.62. The van der Waals surface area contributed by atoms with E-state index < -0.39 is 5.92 Å². The molecule has 1 aliphatic heterocycles. The van der Waals surface area contributed by atoms with Crippen LogP contribution in [0.3, 0.4) is 0 Å². The van der Waals surface area contributed by atoms with Crippen LogP contribution in [0.1, 0.15) is 24.5 Å². The summed E-state index contributed by atoms with van der Waals surface area (Å²) >= 11 is 0. The minimum absolute atomic E-state index is 0.137. The Morgan fingerprint density at radius 3 is 2.67 bits per heavy atom. The van der Waals surface area contributed by atoms with Gasteiger partial charge in [-0.2, -0.15) is 0 Å². The third kappa shape index (κ3) is 3.27. The molecule has 0 aliphatic carbocycles. The lowest BCUT2D eigenvalue weighted by Gasteiger charge is -2.27. The highest BCUT2D eigenvalue weighted by Gasteiger charge is 2.28. The smallest absolute Gasteiger partial charge is 0.273 e. The van der Waals surface area contributed by atoms with Gasteiger partial charge in [0, 0.05) is 44.7 Å². The fourth-order valence-electron chi connectivity index (χ4n) is 2.23. The number of benzene rings is 1. The molecule has 0 spiro atoms. The average Bonchev–Trinajstić information content (AvgIpc) is 2.40. The zero-order valence-electron chi connectivity index (χ0n) is 10.8. The normalized spacial score (nSPS) is 17.9. The van der Waals surface area contributed by atoms with Crippen LogP contribution < -0.4 is 5.32 Å². The van der Waals surface area contributed by atoms with Crippen LogP contribution in [0.15, 0.2) is 24.3 Å². The van der Waals surface area contributed by atoms with Crippen LogP contribution in [-0.4, -0.2) is 31.1 Å². The minimum Gasteiger partial charge on any atom is -0.314 e. The van der Waals surface area contributed by atoms with Crippen molar-refractivity contribution >= 4 is 0 Å². The van der Waals surface area contributed by atoms with Crippen LogP contribution in [0.25, 0.3) is 0 Å². The number of hydrogen-bond donors (Lipinski definition) is 1. The van der Waals surface area contributed by atoms with Crippen LogP contribution in [-0.2, 0) is 12.5 Å². The monoisotopic (exact) mass is 254 g/mol. The summed E-state index contributed by atoms with van der Waals surface area (Å²) in [4.78, 5) is 2.29. The first-order valence-corrected chi connectivity index (χ1v) is 6.52. The van der Waals surface area contributed by atoms with Gasteiger partial charge in [-0.15, -0.1) is 0 Å². The van der Waals surface area contributed by atoms with E-state index in [1.165, 1.54) is 13.0 Å². The highest BCUT2D eigenvalue weighted by Crippen LogP contribution is 2.31. The van der Waals surface area contributed by atoms with Gasteiger partial charge in [0.25, 0.3) is 5.92 Å². The number of nitrogens with one attached hydrogen (secondary N) is 1. The molecule has 1 saturated heterocycles. The number of nitrogens with zero attached hydrogens (tertiary/aromatic N) is 1. The second-order valence-electron chi connectivity index (χ2n) is 4.78. The zero-order valence-corrected chi connectivity index (χ0v) is 10.8. The fraction of sp³-hybridized carbons (Fsp3) is 0.571. The molecule has 1 aromatic rings. The predicted octanol–water partition coefficient (Wildman–Crippen LogP) is 2.59. The van der Waals surface area contributed by atoms with Gasteiger partial charge in [-0.1, -0.05) is 25.1 Å². The van der Waals surface area contributed by atoms with Gasteiger partial charge in [0.1, 0.15) is 0 Å². The summed E-state index contributed by atoms with van der Waals surface area (Å²) < 4.78 is 27.2. The Kier molecular flexibility index (Phi) is 4.30. The van der Waals surface area contributed by atoms with Crippen LogP contribution in [0, 0.1) is 0 Å². The second kappa shape index (κ2) is 5.76. The molecule has 1 N–H and O–H groups in total. The van der Waals surface area contributed by atoms with Crippen LogP contribution in [0.5, 0.6) is 0 Å². The van der Waals surface area contributed by atoms with Crippen molar-refractivity contribution in [1.29, 1.82) is 0 Å². The van der Waals surface area contributed by atoms with Crippen molar-refractivity contribution in [2.24, 2.45) is 0 Å². The summed E-state index contributed by atoms with van der Waals surface area (Å²) in [5.74, 6) is -2.71. The van der Waals surface area contributed by atoms with Crippen molar-refractivity contribution in [3.8, 4) is 0 Å². The molecule has 18 heavy (non-hydrogen) atoms. The number of alkyl halides is 2. The second-order valence-corrected chi connectivity index (χ2v) is 4.78. The van der Waals surface area contributed by atoms with E-state index in [0.717, 1.165) is 38.3 Å². The van der Waals surface area contributed by atoms with Gasteiger partial charge in [0.05, 0.1) is 0 Å². The van der Waals surface area contributed by atoms with Crippen LogP contribution in [0.2, 0.25) is 0 Å². The summed E-state index contributed by atoms with van der Waals surface area (Å²) in [6.07, 6.45) is -0.149. The quantitative estimate of drug-likeness (QED) is 0.888. The molecular weight excluding hydrogens is 234 g/mol. The molecule has 0 saturated carbocycles. The van der Waals surface area contributed by atoms with Gasteiger partial charge in [-0.25, -0.2) is 8.78 Å². The van der Waals surface area contributed by atoms with E-state index in [1.807, 2.05) is 6.07 Å². The molecule has 1 aromatic carbocycles. The Balaban J connectivity index is 2.07. The van der Waals surface area contributed by atoms with Crippen molar-refractivity contribution in [2.45, 2.75) is 25.8 Å². The molecule has 0 amide bonds. The number of rotatable bonds is 4. The molecule has 0 unspecified atom stereocenters. The summed E-state index contributed by atoms with van der Waals surface area (Å²) in [6, 6.07) is 6.82. The molecule has 0 bridgehead atoms. The molecular formula is C14H20F2N2. The van der Waals surface area contributed by atoms with E-state index in [-0.39, 0.29) is 12.0 Å². The Morgan fingerprint density at radius 1 is 1.28 bits per heavy atom. The van der Waals surface area contributed by atoms with Gasteiger partial charge in [-0.05, 0) is 11.6 Å². The number of piperazine rings is 1. The summed E-state index contributed by atoms with van der Waals surface area (Å²) in [7, 11) is 0. The topological polar surface area (TPSA) is 15.3 Å². The van der Waals surface area contributed by atoms with Crippen molar-refractivity contribution in [1.82, 2.24) is 10.2 Å². The molecule has 1 fully saturated rings. The standard InChI is InChI=1S/C14H20F2N2/c1-2-14(15,16)13-5-3-4-12(10-13)11-18-8-6-17-7-9-18/h3-5,10,17H,2,6-9,11H2,1H3. The van der Waals surface area contributed by atoms with Gasteiger partial charge in [-0.3, -0.25) is 4.90 Å². The lowest BCUT2D eigenvalue weighted by atomic mass is 10.0. The van der Waals surface area contributed by atoms with E-state index in [9.17, 15) is 8.78 Å². The van der Waals surface area contributed by atoms with Crippen LogP contribution in [0.4, 0.5) is 8.78 Å². The van der Waals surface area contributed by atoms with Gasteiger partial charge >= 0.3 is 0 Å². The van der Waals surface area contributed by atoms with Crippen LogP contribution >= 0.6 is 0 Å². The maximum Gasteiger partial charge on any atom is 0.273 e. The highest BCUT2D eigenvalue weighted by molar-refractivity contribution is 5.26. The molecule has 0 aromatic heterocycles. The largest absolute Gasteiger partial charge is 0.314 e. The maximum absolute atomic E-state index is 13.6. The van der Waals surface area contributed by atoms with E-state index in [2.05, 4.69) is 10.2 Å². The molecule has 4 heteroatoms. The molecule has 1 heterocycles. The third-order valence-electron chi connectivity index (χ3n) is 3.41. The van der Waals surface area contributed by atoms with E-state index in [4.69, 9.17) is 0 Å². The summed E-state index contributed by atoms with van der Waals surface area (Å²) in [6.45, 7) is 6.19. The molecule has 0 radical (unpaired) electrons. The maximum atomic E-state index is 13.6. The molecule has 2 rings (SSSR count). The molecule has 100 valence electrons. The van der Waals surface area contributed by atoms with E-state index in [1.54, 1.807) is 12.1 Å². The first-order valence-electron chi connectivity index (χ1n) is 6.52. The number of halogens is 2. The van der Waals surface area contributed by atoms with Crippen molar-refractivity contribution in [2.75, 3.05) is 26.2 Å². The average molecular weight is 254 g/mol. The predicted molar refractivity (Wildman–Crippen MR) is 68.8 cm³/mol. The van der Waals surface area contributed by atoms with Crippen molar-refractivity contribution in [3.05, 3.63) is 35.4 Å². The fourth-order valence-corrected chi connectivity index (χ4v) is 2.23. The molecule has 0 atom stereocenters. The Morgan fingerprint density at radius 2 is 2.00 bits per heavy atom. The van der Waals surface area contributed by atoms with E-state index >= 15 is 0 Å². The SMILES string of the molecule is CCC(F)(F)c1cccc(CN2CCNCC2)c1. The minimum atomic E-state index is -2.71. The van der Waals surface area contributed by atoms with E-state index in [0.29, 0.717) is 0 Å². The van der Waals surface area contributed by atoms with Crippen molar-refractivity contribution < 1.29 is 8.78 Å². The van der Waals surface area contributed by atoms with Gasteiger partial charge in [0.2, 0.25) is 0 Å². The lowest BCUT2D eigenvalue weighted by Crippen LogP contribution is -2.42. The Labute approximate surface area is 107 Å².